The Balaban J connectivity index is 0.00000342. The smallest absolute Gasteiger partial charge is 0.269 e. The second-order valence-electron chi connectivity index (χ2n) is 7.54. The summed E-state index contributed by atoms with van der Waals surface area (Å²) in [5.74, 6) is 0. The molecule has 0 saturated carbocycles. The second-order valence-corrected chi connectivity index (χ2v) is 8.73. The van der Waals surface area contributed by atoms with Gasteiger partial charge in [0.15, 0.2) is 0 Å². The van der Waals surface area contributed by atoms with E-state index in [0.29, 0.717) is 17.1 Å². The van der Waals surface area contributed by atoms with Crippen molar-refractivity contribution in [1.82, 2.24) is 4.90 Å². The molecule has 4 rings (SSSR count). The molecule has 0 spiro atoms. The maximum absolute atomic E-state index is 10.7. The fraction of sp³-hybridized carbons (Fsp3) is 0.217. The van der Waals surface area contributed by atoms with Gasteiger partial charge in [0.25, 0.3) is 5.69 Å². The molecule has 3 aromatic rings. The zero-order valence-corrected chi connectivity index (χ0v) is 22.2. The van der Waals surface area contributed by atoms with Crippen molar-refractivity contribution < 1.29 is 27.3 Å². The largest absolute Gasteiger partial charge is 0.800 e. The number of nitro groups is 1. The Kier molecular flexibility index (Phi) is 10.0. The summed E-state index contributed by atoms with van der Waals surface area (Å²) >= 11 is 10.3. The van der Waals surface area contributed by atoms with Gasteiger partial charge in [0.1, 0.15) is 0 Å². The number of rotatable bonds is 7. The molecule has 1 radical (unpaired) electrons. The maximum atomic E-state index is 10.7. The summed E-state index contributed by atoms with van der Waals surface area (Å²) in [7, 11) is 0. The maximum Gasteiger partial charge on any atom is 0.269 e. The molecule has 1 aliphatic heterocycles. The molecular formula is C23H21AuN7O2S2-2. The van der Waals surface area contributed by atoms with E-state index in [2.05, 4.69) is 30.3 Å². The molecule has 0 aromatic heterocycles. The van der Waals surface area contributed by atoms with Crippen LogP contribution in [0.15, 0.2) is 93.3 Å². The van der Waals surface area contributed by atoms with Crippen LogP contribution in [0.1, 0.15) is 0 Å². The van der Waals surface area contributed by atoms with Gasteiger partial charge in [0.05, 0.1) is 27.7 Å². The minimum Gasteiger partial charge on any atom is -0.800 e. The summed E-state index contributed by atoms with van der Waals surface area (Å²) in [6.07, 6.45) is 0. The fourth-order valence-corrected chi connectivity index (χ4v) is 3.80. The summed E-state index contributed by atoms with van der Waals surface area (Å²) in [5.41, 5.74) is 3.79. The number of azo groups is 2. The van der Waals surface area contributed by atoms with Crippen LogP contribution in [0, 0.1) is 10.1 Å². The molecule has 0 aliphatic carbocycles. The van der Waals surface area contributed by atoms with Crippen molar-refractivity contribution in [3.05, 3.63) is 82.9 Å². The molecule has 0 amide bonds. The van der Waals surface area contributed by atoms with E-state index in [-0.39, 0.29) is 32.8 Å². The fourth-order valence-electron chi connectivity index (χ4n) is 3.38. The van der Waals surface area contributed by atoms with Crippen LogP contribution >= 0.6 is 0 Å². The molecule has 1 fully saturated rings. The normalized spacial score (nSPS) is 14.5. The molecule has 1 aliphatic rings. The standard InChI is InChI=1S/C23H23N7O2S2.Au/c31-30(32)22-11-7-20(8-12-22)27-25-18-3-1-17(2-4-18)24-26-19-5-9-21(10-6-19)28-13-15-29(16-14-28)23(33)34;/h1-12,23,33-34H,13-16H2;/p-2. The number of non-ortho nitro benzene ring substituents is 1. The van der Waals surface area contributed by atoms with Crippen molar-refractivity contribution >= 4 is 59.4 Å². The topological polar surface area (TPSA) is 99.1 Å². The van der Waals surface area contributed by atoms with Gasteiger partial charge in [-0.2, -0.15) is 20.5 Å². The average Bonchev–Trinajstić information content (AvgIpc) is 2.87. The Bertz CT molecular complexity index is 1170. The molecule has 0 bridgehead atoms. The van der Waals surface area contributed by atoms with E-state index in [1.807, 2.05) is 24.3 Å². The van der Waals surface area contributed by atoms with E-state index in [1.165, 1.54) is 12.1 Å². The molecule has 1 heterocycles. The molecule has 1 saturated heterocycles. The first-order valence-electron chi connectivity index (χ1n) is 10.6. The molecule has 9 nitrogen and oxygen atoms in total. The number of anilines is 1. The van der Waals surface area contributed by atoms with Gasteiger partial charge in [-0.3, -0.25) is 10.1 Å². The summed E-state index contributed by atoms with van der Waals surface area (Å²) in [5, 5.41) is 27.5. The average molecular weight is 689 g/mol. The van der Waals surface area contributed by atoms with Crippen LogP contribution < -0.4 is 4.90 Å². The van der Waals surface area contributed by atoms with Gasteiger partial charge in [0, 0.05) is 66.4 Å². The van der Waals surface area contributed by atoms with E-state index in [0.717, 1.165) is 37.6 Å². The van der Waals surface area contributed by atoms with Gasteiger partial charge in [-0.25, -0.2) is 4.71 Å². The molecule has 3 aromatic carbocycles. The van der Waals surface area contributed by atoms with E-state index in [9.17, 15) is 10.1 Å². The van der Waals surface area contributed by atoms with Crippen molar-refractivity contribution in [3.63, 3.8) is 0 Å². The molecule has 0 N–H and O–H groups in total. The van der Waals surface area contributed by atoms with Crippen molar-refractivity contribution in [3.8, 4) is 0 Å². The predicted octanol–water partition coefficient (Wildman–Crippen LogP) is 5.92. The molecule has 0 unspecified atom stereocenters. The number of hydrogen-bond acceptors (Lipinski definition) is 10. The predicted molar refractivity (Wildman–Crippen MR) is 137 cm³/mol. The Labute approximate surface area is 229 Å². The van der Waals surface area contributed by atoms with E-state index < -0.39 is 4.92 Å². The van der Waals surface area contributed by atoms with E-state index in [1.54, 1.807) is 36.4 Å². The van der Waals surface area contributed by atoms with Crippen LogP contribution in [0.4, 0.5) is 34.1 Å². The molecule has 35 heavy (non-hydrogen) atoms. The van der Waals surface area contributed by atoms with E-state index in [4.69, 9.17) is 25.3 Å². The Morgan fingerprint density at radius 1 is 0.686 bits per heavy atom. The minimum atomic E-state index is -0.453. The zero-order valence-electron chi connectivity index (χ0n) is 18.4. The van der Waals surface area contributed by atoms with E-state index >= 15 is 0 Å². The number of nitrogens with zero attached hydrogens (tertiary/aromatic N) is 7. The van der Waals surface area contributed by atoms with Crippen molar-refractivity contribution in [2.24, 2.45) is 20.5 Å². The first-order valence-corrected chi connectivity index (χ1v) is 11.5. The van der Waals surface area contributed by atoms with Crippen molar-refractivity contribution in [2.45, 2.75) is 4.71 Å². The number of nitro benzene ring substituents is 1. The summed E-state index contributed by atoms with van der Waals surface area (Å²) in [4.78, 5) is 14.7. The number of benzene rings is 3. The molecular weight excluding hydrogens is 667 g/mol. The van der Waals surface area contributed by atoms with Gasteiger partial charge in [-0.05, 0) is 60.7 Å². The SMILES string of the molecule is O=[N+]([O-])c1ccc(N=Nc2ccc(N=Nc3ccc(N4CCN(C([S-])[S-])CC4)cc3)cc2)cc1.[Au]. The third kappa shape index (κ3) is 7.72. The van der Waals surface area contributed by atoms with Gasteiger partial charge < -0.3 is 35.1 Å². The van der Waals surface area contributed by atoms with Gasteiger partial charge in [0.2, 0.25) is 0 Å². The van der Waals surface area contributed by atoms with Crippen LogP contribution in [0.5, 0.6) is 0 Å². The second kappa shape index (κ2) is 13.0. The van der Waals surface area contributed by atoms with Crippen LogP contribution in [-0.4, -0.2) is 40.7 Å². The van der Waals surface area contributed by atoms with Crippen molar-refractivity contribution in [2.75, 3.05) is 31.1 Å². The Hall–Kier alpha value is -2.54. The summed E-state index contributed by atoms with van der Waals surface area (Å²) in [6.45, 7) is 3.56. The van der Waals surface area contributed by atoms with Gasteiger partial charge in [-0.15, -0.1) is 0 Å². The molecule has 185 valence electrons. The Morgan fingerprint density at radius 2 is 1.06 bits per heavy atom. The molecule has 12 heteroatoms. The van der Waals surface area contributed by atoms with Crippen LogP contribution in [0.3, 0.4) is 0 Å². The summed E-state index contributed by atoms with van der Waals surface area (Å²) in [6, 6.07) is 21.0. The van der Waals surface area contributed by atoms with Crippen LogP contribution in [-0.2, 0) is 47.6 Å². The van der Waals surface area contributed by atoms with Gasteiger partial charge >= 0.3 is 0 Å². The Morgan fingerprint density at radius 3 is 1.43 bits per heavy atom. The summed E-state index contributed by atoms with van der Waals surface area (Å²) < 4.78 is -0.239. The van der Waals surface area contributed by atoms with Gasteiger partial charge in [-0.1, -0.05) is 0 Å². The number of piperazine rings is 1. The zero-order chi connectivity index (χ0) is 23.9. The van der Waals surface area contributed by atoms with Crippen molar-refractivity contribution in [1.29, 1.82) is 0 Å². The first-order chi connectivity index (χ1) is 16.5. The van der Waals surface area contributed by atoms with Crippen LogP contribution in [0.2, 0.25) is 0 Å². The molecule has 0 atom stereocenters. The monoisotopic (exact) mass is 688 g/mol. The number of hydrogen-bond donors (Lipinski definition) is 0. The third-order valence-electron chi connectivity index (χ3n) is 5.30. The quantitative estimate of drug-likeness (QED) is 0.101. The third-order valence-corrected chi connectivity index (χ3v) is 5.90. The first kappa shape index (κ1) is 27.1. The minimum absolute atomic E-state index is 0. The van der Waals surface area contributed by atoms with Crippen LogP contribution in [0.25, 0.3) is 0 Å².